The van der Waals surface area contributed by atoms with E-state index >= 15 is 0 Å². The first-order valence-corrected chi connectivity index (χ1v) is 4.80. The maximum absolute atomic E-state index is 11.8. The quantitative estimate of drug-likeness (QED) is 0.785. The van der Waals surface area contributed by atoms with E-state index < -0.39 is 0 Å². The Labute approximate surface area is 96.2 Å². The summed E-state index contributed by atoms with van der Waals surface area (Å²) < 4.78 is 4.58. The Hall–Kier alpha value is -2.01. The Morgan fingerprint density at radius 1 is 1.50 bits per heavy atom. The van der Waals surface area contributed by atoms with Crippen molar-refractivity contribution in [3.63, 3.8) is 0 Å². The molecule has 0 unspecified atom stereocenters. The highest BCUT2D eigenvalue weighted by molar-refractivity contribution is 6.34. The molecule has 0 aliphatic heterocycles. The van der Waals surface area contributed by atoms with Crippen LogP contribution >= 0.6 is 11.6 Å². The van der Waals surface area contributed by atoms with E-state index in [0.29, 0.717) is 22.0 Å². The molecule has 2 aromatic rings. The second-order valence-corrected chi connectivity index (χ2v) is 3.51. The lowest BCUT2D eigenvalue weighted by molar-refractivity contribution is 0.102. The van der Waals surface area contributed by atoms with E-state index in [0.717, 1.165) is 0 Å². The predicted octanol–water partition coefficient (Wildman–Crippen LogP) is 2.16. The third-order valence-electron chi connectivity index (χ3n) is 1.93. The maximum Gasteiger partial charge on any atom is 0.257 e. The van der Waals surface area contributed by atoms with Crippen molar-refractivity contribution in [2.24, 2.45) is 0 Å². The second-order valence-electron chi connectivity index (χ2n) is 3.11. The number of carbonyl (C=O) groups is 1. The number of benzene rings is 1. The van der Waals surface area contributed by atoms with Gasteiger partial charge in [0, 0.05) is 5.69 Å². The molecule has 0 fully saturated rings. The van der Waals surface area contributed by atoms with Crippen LogP contribution in [0.3, 0.4) is 0 Å². The number of nitrogens with two attached hydrogens (primary N) is 1. The van der Waals surface area contributed by atoms with E-state index in [4.69, 9.17) is 17.3 Å². The number of rotatable bonds is 2. The summed E-state index contributed by atoms with van der Waals surface area (Å²) in [6.07, 6.45) is 2.70. The standard InChI is InChI=1S/C10H8ClN3O2/c11-9-2-1-6(12)3-8(9)10(15)14-7-4-13-16-5-7/h1-5H,12H2,(H,14,15). The molecule has 1 aromatic heterocycles. The molecule has 1 aromatic carbocycles. The number of halogens is 1. The number of nitrogens with one attached hydrogen (secondary N) is 1. The number of nitrogens with zero attached hydrogens (tertiary/aromatic N) is 1. The van der Waals surface area contributed by atoms with Crippen molar-refractivity contribution < 1.29 is 9.32 Å². The summed E-state index contributed by atoms with van der Waals surface area (Å²) in [6, 6.07) is 4.70. The Kier molecular flexibility index (Phi) is 2.78. The van der Waals surface area contributed by atoms with Crippen molar-refractivity contribution in [1.82, 2.24) is 5.16 Å². The van der Waals surface area contributed by atoms with Crippen LogP contribution in [0.25, 0.3) is 0 Å². The number of hydrogen-bond acceptors (Lipinski definition) is 4. The van der Waals surface area contributed by atoms with Gasteiger partial charge < -0.3 is 15.6 Å². The van der Waals surface area contributed by atoms with Crippen molar-refractivity contribution in [3.8, 4) is 0 Å². The lowest BCUT2D eigenvalue weighted by Gasteiger charge is -2.04. The summed E-state index contributed by atoms with van der Waals surface area (Å²) in [5, 5.41) is 6.37. The van der Waals surface area contributed by atoms with Crippen molar-refractivity contribution in [2.75, 3.05) is 11.1 Å². The largest absolute Gasteiger partial charge is 0.399 e. The van der Waals surface area contributed by atoms with E-state index in [9.17, 15) is 4.79 Å². The topological polar surface area (TPSA) is 81.2 Å². The molecule has 3 N–H and O–H groups in total. The zero-order chi connectivity index (χ0) is 11.5. The molecule has 5 nitrogen and oxygen atoms in total. The lowest BCUT2D eigenvalue weighted by Crippen LogP contribution is -2.12. The fourth-order valence-electron chi connectivity index (χ4n) is 1.18. The highest BCUT2D eigenvalue weighted by Gasteiger charge is 2.11. The Morgan fingerprint density at radius 2 is 2.31 bits per heavy atom. The van der Waals surface area contributed by atoms with Crippen molar-refractivity contribution >= 4 is 28.9 Å². The first-order chi connectivity index (χ1) is 7.66. The first kappa shape index (κ1) is 10.5. The minimum absolute atomic E-state index is 0.308. The number of amides is 1. The molecule has 1 amide bonds. The van der Waals surface area contributed by atoms with Gasteiger partial charge in [0.2, 0.25) is 0 Å². The summed E-state index contributed by atoms with van der Waals surface area (Å²) in [6.45, 7) is 0. The smallest absolute Gasteiger partial charge is 0.257 e. The van der Waals surface area contributed by atoms with E-state index in [1.165, 1.54) is 18.5 Å². The van der Waals surface area contributed by atoms with Crippen LogP contribution in [-0.4, -0.2) is 11.1 Å². The SMILES string of the molecule is Nc1ccc(Cl)c(C(=O)Nc2cnoc2)c1. The van der Waals surface area contributed by atoms with Gasteiger partial charge in [-0.15, -0.1) is 0 Å². The molecule has 0 bridgehead atoms. The zero-order valence-electron chi connectivity index (χ0n) is 8.11. The van der Waals surface area contributed by atoms with Crippen LogP contribution in [0, 0.1) is 0 Å². The summed E-state index contributed by atoms with van der Waals surface area (Å²) in [5.41, 5.74) is 6.81. The van der Waals surface area contributed by atoms with E-state index in [1.807, 2.05) is 0 Å². The van der Waals surface area contributed by atoms with Gasteiger partial charge in [-0.2, -0.15) is 0 Å². The number of nitrogen functional groups attached to an aromatic ring is 1. The number of carbonyl (C=O) groups excluding carboxylic acids is 1. The molecule has 0 aliphatic carbocycles. The fraction of sp³-hybridized carbons (Fsp3) is 0. The van der Waals surface area contributed by atoms with Crippen LogP contribution < -0.4 is 11.1 Å². The number of anilines is 2. The summed E-state index contributed by atoms with van der Waals surface area (Å²) in [5.74, 6) is -0.361. The zero-order valence-corrected chi connectivity index (χ0v) is 8.86. The first-order valence-electron chi connectivity index (χ1n) is 4.42. The average Bonchev–Trinajstić information content (AvgIpc) is 2.74. The van der Waals surface area contributed by atoms with E-state index in [2.05, 4.69) is 15.0 Å². The molecular weight excluding hydrogens is 230 g/mol. The van der Waals surface area contributed by atoms with Gasteiger partial charge in [0.1, 0.15) is 12.0 Å². The Balaban J connectivity index is 2.24. The second kappa shape index (κ2) is 4.24. The van der Waals surface area contributed by atoms with E-state index in [1.54, 1.807) is 12.1 Å². The van der Waals surface area contributed by atoms with Gasteiger partial charge in [0.05, 0.1) is 16.8 Å². The molecule has 1 heterocycles. The van der Waals surface area contributed by atoms with Crippen LogP contribution in [0.1, 0.15) is 10.4 Å². The van der Waals surface area contributed by atoms with Crippen LogP contribution in [-0.2, 0) is 0 Å². The highest BCUT2D eigenvalue weighted by Crippen LogP contribution is 2.20. The van der Waals surface area contributed by atoms with Gasteiger partial charge >= 0.3 is 0 Å². The molecule has 16 heavy (non-hydrogen) atoms. The Morgan fingerprint density at radius 3 is 3.00 bits per heavy atom. The average molecular weight is 238 g/mol. The molecule has 82 valence electrons. The number of aromatic nitrogens is 1. The van der Waals surface area contributed by atoms with Gasteiger partial charge in [-0.05, 0) is 18.2 Å². The number of hydrogen-bond donors (Lipinski definition) is 2. The third-order valence-corrected chi connectivity index (χ3v) is 2.25. The minimum atomic E-state index is -0.361. The van der Waals surface area contributed by atoms with Crippen molar-refractivity contribution in [2.45, 2.75) is 0 Å². The van der Waals surface area contributed by atoms with Crippen LogP contribution in [0.2, 0.25) is 5.02 Å². The monoisotopic (exact) mass is 237 g/mol. The van der Waals surface area contributed by atoms with Crippen molar-refractivity contribution in [1.29, 1.82) is 0 Å². The van der Waals surface area contributed by atoms with Crippen LogP contribution in [0.5, 0.6) is 0 Å². The van der Waals surface area contributed by atoms with Crippen LogP contribution in [0.4, 0.5) is 11.4 Å². The fourth-order valence-corrected chi connectivity index (χ4v) is 1.39. The summed E-state index contributed by atoms with van der Waals surface area (Å²) >= 11 is 5.88. The molecular formula is C10H8ClN3O2. The van der Waals surface area contributed by atoms with Gasteiger partial charge in [-0.3, -0.25) is 4.79 Å². The van der Waals surface area contributed by atoms with Crippen molar-refractivity contribution in [3.05, 3.63) is 41.2 Å². The predicted molar refractivity (Wildman–Crippen MR) is 60.3 cm³/mol. The lowest BCUT2D eigenvalue weighted by atomic mass is 10.2. The molecule has 0 aliphatic rings. The van der Waals surface area contributed by atoms with Gasteiger partial charge in [0.25, 0.3) is 5.91 Å². The van der Waals surface area contributed by atoms with E-state index in [-0.39, 0.29) is 5.91 Å². The van der Waals surface area contributed by atoms with Gasteiger partial charge in [0.15, 0.2) is 0 Å². The molecule has 0 spiro atoms. The molecule has 2 rings (SSSR count). The molecule has 0 saturated heterocycles. The normalized spacial score (nSPS) is 10.1. The maximum atomic E-state index is 11.8. The Bertz CT molecular complexity index is 511. The summed E-state index contributed by atoms with van der Waals surface area (Å²) in [7, 11) is 0. The third kappa shape index (κ3) is 2.14. The van der Waals surface area contributed by atoms with Gasteiger partial charge in [-0.25, -0.2) is 0 Å². The minimum Gasteiger partial charge on any atom is -0.399 e. The molecule has 0 atom stereocenters. The van der Waals surface area contributed by atoms with Gasteiger partial charge in [-0.1, -0.05) is 16.8 Å². The molecule has 6 heteroatoms. The molecule has 0 radical (unpaired) electrons. The highest BCUT2D eigenvalue weighted by atomic mass is 35.5. The van der Waals surface area contributed by atoms with Crippen LogP contribution in [0.15, 0.2) is 35.2 Å². The summed E-state index contributed by atoms with van der Waals surface area (Å²) in [4.78, 5) is 11.8. The molecule has 0 saturated carbocycles.